The molecule has 0 spiro atoms. The molecule has 1 heterocycles. The van der Waals surface area contributed by atoms with Crippen molar-refractivity contribution < 1.29 is 4.79 Å². The molecule has 0 saturated carbocycles. The molecule has 0 aliphatic heterocycles. The first-order chi connectivity index (χ1) is 13.2. The summed E-state index contributed by atoms with van der Waals surface area (Å²) in [4.78, 5) is 13.2. The zero-order valence-electron chi connectivity index (χ0n) is 15.3. The maximum Gasteiger partial charge on any atom is 0.211 e. The summed E-state index contributed by atoms with van der Waals surface area (Å²) in [6.45, 7) is 1.99. The van der Waals surface area contributed by atoms with E-state index in [1.54, 1.807) is 0 Å². The van der Waals surface area contributed by atoms with Crippen LogP contribution in [-0.2, 0) is 7.05 Å². The highest BCUT2D eigenvalue weighted by molar-refractivity contribution is 6.15. The van der Waals surface area contributed by atoms with E-state index in [4.69, 9.17) is 0 Å². The van der Waals surface area contributed by atoms with Crippen molar-refractivity contribution in [1.82, 2.24) is 4.57 Å². The quantitative estimate of drug-likeness (QED) is 0.321. The molecular formula is C23H19N3O. The molecule has 0 aliphatic rings. The number of rotatable bonds is 4. The third kappa shape index (κ3) is 3.06. The Hall–Kier alpha value is -3.53. The van der Waals surface area contributed by atoms with Crippen molar-refractivity contribution in [2.45, 2.75) is 6.92 Å². The van der Waals surface area contributed by atoms with E-state index in [1.807, 2.05) is 97.4 Å². The van der Waals surface area contributed by atoms with Gasteiger partial charge in [-0.05, 0) is 24.6 Å². The van der Waals surface area contributed by atoms with Crippen molar-refractivity contribution in [1.29, 1.82) is 0 Å². The highest BCUT2D eigenvalue weighted by Crippen LogP contribution is 2.35. The number of aryl methyl sites for hydroxylation is 2. The van der Waals surface area contributed by atoms with Gasteiger partial charge >= 0.3 is 0 Å². The summed E-state index contributed by atoms with van der Waals surface area (Å²) < 4.78 is 1.90. The van der Waals surface area contributed by atoms with Gasteiger partial charge < -0.3 is 4.57 Å². The molecule has 0 saturated heterocycles. The molecular weight excluding hydrogens is 334 g/mol. The van der Waals surface area contributed by atoms with Crippen LogP contribution in [0.15, 0.2) is 89.1 Å². The first kappa shape index (κ1) is 16.9. The van der Waals surface area contributed by atoms with E-state index in [2.05, 4.69) is 10.2 Å². The smallest absolute Gasteiger partial charge is 0.211 e. The van der Waals surface area contributed by atoms with E-state index < -0.39 is 0 Å². The van der Waals surface area contributed by atoms with Crippen LogP contribution >= 0.6 is 0 Å². The molecule has 0 fully saturated rings. The number of aromatic nitrogens is 1. The van der Waals surface area contributed by atoms with E-state index in [0.717, 1.165) is 22.2 Å². The molecule has 27 heavy (non-hydrogen) atoms. The predicted molar refractivity (Wildman–Crippen MR) is 108 cm³/mol. The second-order valence-electron chi connectivity index (χ2n) is 6.46. The zero-order valence-corrected chi connectivity index (χ0v) is 15.3. The van der Waals surface area contributed by atoms with Crippen LogP contribution in [0.4, 0.5) is 11.4 Å². The number of nitrogens with zero attached hydrogens (tertiary/aromatic N) is 3. The molecule has 1 aromatic heterocycles. The van der Waals surface area contributed by atoms with Gasteiger partial charge in [-0.3, -0.25) is 4.79 Å². The third-order valence-electron chi connectivity index (χ3n) is 4.70. The average Bonchev–Trinajstić information content (AvgIpc) is 2.99. The van der Waals surface area contributed by atoms with Crippen molar-refractivity contribution in [3.8, 4) is 0 Å². The molecule has 4 aromatic rings. The van der Waals surface area contributed by atoms with Gasteiger partial charge in [0.15, 0.2) is 0 Å². The van der Waals surface area contributed by atoms with Crippen LogP contribution in [0.2, 0.25) is 0 Å². The maximum absolute atomic E-state index is 13.2. The minimum atomic E-state index is -0.0620. The molecule has 0 unspecified atom stereocenters. The Morgan fingerprint density at radius 1 is 0.815 bits per heavy atom. The fourth-order valence-electron chi connectivity index (χ4n) is 3.24. The Morgan fingerprint density at radius 3 is 2.26 bits per heavy atom. The minimum Gasteiger partial charge on any atom is -0.339 e. The number of carbonyl (C=O) groups is 1. The van der Waals surface area contributed by atoms with Crippen LogP contribution < -0.4 is 0 Å². The standard InChI is InChI=1S/C23H19N3O/c1-16-10-6-8-14-19(16)24-25-21-18-13-7-9-15-20(18)26(2)22(21)23(27)17-11-4-3-5-12-17/h3-15H,1-2H3. The number of ketones is 1. The molecule has 0 N–H and O–H groups in total. The lowest BCUT2D eigenvalue weighted by molar-refractivity contribution is 0.103. The van der Waals surface area contributed by atoms with Gasteiger partial charge in [-0.1, -0.05) is 66.7 Å². The molecule has 0 aliphatic carbocycles. The van der Waals surface area contributed by atoms with Crippen molar-refractivity contribution in [3.05, 3.63) is 95.7 Å². The van der Waals surface area contributed by atoms with Crippen LogP contribution in [-0.4, -0.2) is 10.4 Å². The second kappa shape index (κ2) is 7.00. The molecule has 4 rings (SSSR count). The summed E-state index contributed by atoms with van der Waals surface area (Å²) >= 11 is 0. The highest BCUT2D eigenvalue weighted by atomic mass is 16.1. The van der Waals surface area contributed by atoms with Crippen LogP contribution in [0.1, 0.15) is 21.6 Å². The molecule has 0 bridgehead atoms. The fourth-order valence-corrected chi connectivity index (χ4v) is 3.24. The summed E-state index contributed by atoms with van der Waals surface area (Å²) in [5.41, 5.74) is 4.57. The van der Waals surface area contributed by atoms with E-state index in [1.165, 1.54) is 0 Å². The highest BCUT2D eigenvalue weighted by Gasteiger charge is 2.22. The fraction of sp³-hybridized carbons (Fsp3) is 0.0870. The molecule has 0 radical (unpaired) electrons. The van der Waals surface area contributed by atoms with Crippen molar-refractivity contribution in [2.75, 3.05) is 0 Å². The number of carbonyl (C=O) groups excluding carboxylic acids is 1. The number of benzene rings is 3. The summed E-state index contributed by atoms with van der Waals surface area (Å²) in [6.07, 6.45) is 0. The third-order valence-corrected chi connectivity index (χ3v) is 4.70. The van der Waals surface area contributed by atoms with E-state index in [9.17, 15) is 4.79 Å². The number of para-hydroxylation sites is 1. The average molecular weight is 353 g/mol. The number of hydrogen-bond acceptors (Lipinski definition) is 3. The van der Waals surface area contributed by atoms with Crippen molar-refractivity contribution >= 4 is 28.1 Å². The Labute approximate surface area is 157 Å². The first-order valence-electron chi connectivity index (χ1n) is 8.81. The van der Waals surface area contributed by atoms with Gasteiger partial charge in [-0.25, -0.2) is 0 Å². The molecule has 0 amide bonds. The normalized spacial score (nSPS) is 11.3. The van der Waals surface area contributed by atoms with Gasteiger partial charge in [0.1, 0.15) is 11.4 Å². The van der Waals surface area contributed by atoms with Crippen LogP contribution in [0.25, 0.3) is 10.9 Å². The molecule has 3 aromatic carbocycles. The lowest BCUT2D eigenvalue weighted by Gasteiger charge is -2.05. The van der Waals surface area contributed by atoms with Crippen LogP contribution in [0.3, 0.4) is 0 Å². The van der Waals surface area contributed by atoms with Gasteiger partial charge in [-0.15, -0.1) is 5.11 Å². The number of fused-ring (bicyclic) bond motifs is 1. The Bertz CT molecular complexity index is 1160. The summed E-state index contributed by atoms with van der Waals surface area (Å²) in [6, 6.07) is 25.0. The van der Waals surface area contributed by atoms with Gasteiger partial charge in [0.25, 0.3) is 0 Å². The number of hydrogen-bond donors (Lipinski definition) is 0. The van der Waals surface area contributed by atoms with E-state index in [0.29, 0.717) is 16.9 Å². The van der Waals surface area contributed by atoms with E-state index >= 15 is 0 Å². The Kier molecular flexibility index (Phi) is 4.38. The SMILES string of the molecule is Cc1ccccc1N=Nc1c(C(=O)c2ccccc2)n(C)c2ccccc12. The number of azo groups is 1. The molecule has 0 atom stereocenters. The van der Waals surface area contributed by atoms with E-state index in [-0.39, 0.29) is 5.78 Å². The lowest BCUT2D eigenvalue weighted by Crippen LogP contribution is -2.07. The topological polar surface area (TPSA) is 46.7 Å². The lowest BCUT2D eigenvalue weighted by atomic mass is 10.1. The van der Waals surface area contributed by atoms with Gasteiger partial charge in [0.05, 0.1) is 11.2 Å². The van der Waals surface area contributed by atoms with Crippen molar-refractivity contribution in [3.63, 3.8) is 0 Å². The summed E-state index contributed by atoms with van der Waals surface area (Å²) in [5, 5.41) is 9.87. The maximum atomic E-state index is 13.2. The van der Waals surface area contributed by atoms with Gasteiger partial charge in [0.2, 0.25) is 5.78 Å². The van der Waals surface area contributed by atoms with Crippen molar-refractivity contribution in [2.24, 2.45) is 17.3 Å². The van der Waals surface area contributed by atoms with Crippen LogP contribution in [0.5, 0.6) is 0 Å². The second-order valence-corrected chi connectivity index (χ2v) is 6.46. The zero-order chi connectivity index (χ0) is 18.8. The summed E-state index contributed by atoms with van der Waals surface area (Å²) in [5.74, 6) is -0.0620. The monoisotopic (exact) mass is 353 g/mol. The van der Waals surface area contributed by atoms with Crippen LogP contribution in [0, 0.1) is 6.92 Å². The molecule has 4 heteroatoms. The predicted octanol–water partition coefficient (Wildman–Crippen LogP) is 6.13. The first-order valence-corrected chi connectivity index (χ1v) is 8.81. The largest absolute Gasteiger partial charge is 0.339 e. The van der Waals surface area contributed by atoms with Gasteiger partial charge in [0, 0.05) is 18.0 Å². The summed E-state index contributed by atoms with van der Waals surface area (Å²) in [7, 11) is 1.89. The Balaban J connectivity index is 1.91. The van der Waals surface area contributed by atoms with Gasteiger partial charge in [-0.2, -0.15) is 5.11 Å². The molecule has 4 nitrogen and oxygen atoms in total. The minimum absolute atomic E-state index is 0.0620. The molecule has 132 valence electrons. The Morgan fingerprint density at radius 2 is 1.48 bits per heavy atom.